The Morgan fingerprint density at radius 1 is 1.32 bits per heavy atom. The van der Waals surface area contributed by atoms with Crippen molar-refractivity contribution >= 4 is 17.2 Å². The van der Waals surface area contributed by atoms with Crippen molar-refractivity contribution in [3.8, 4) is 0 Å². The smallest absolute Gasteiger partial charge is 0.265 e. The van der Waals surface area contributed by atoms with Gasteiger partial charge >= 0.3 is 0 Å². The van der Waals surface area contributed by atoms with Gasteiger partial charge in [0.25, 0.3) is 5.91 Å². The molecule has 2 aromatic heterocycles. The monoisotopic (exact) mass is 316 g/mol. The van der Waals surface area contributed by atoms with E-state index in [2.05, 4.69) is 15.0 Å². The van der Waals surface area contributed by atoms with E-state index in [9.17, 15) is 4.79 Å². The van der Waals surface area contributed by atoms with Crippen LogP contribution < -0.4 is 0 Å². The standard InChI is InChI=1S/C16H20N4OS/c1-10-15(22-12(3)18-10)16(21)20-8-4-5-13(9-20)14-6-7-17-11(2)19-14/h6-7,13H,4-5,8-9H2,1-3H3/t13-/m1/s1. The normalized spacial score (nSPS) is 18.5. The summed E-state index contributed by atoms with van der Waals surface area (Å²) in [6, 6.07) is 1.97. The fourth-order valence-electron chi connectivity index (χ4n) is 2.98. The van der Waals surface area contributed by atoms with E-state index < -0.39 is 0 Å². The zero-order valence-electron chi connectivity index (χ0n) is 13.2. The first-order valence-electron chi connectivity index (χ1n) is 7.57. The van der Waals surface area contributed by atoms with Gasteiger partial charge in [-0.2, -0.15) is 0 Å². The molecule has 0 aromatic carbocycles. The van der Waals surface area contributed by atoms with E-state index >= 15 is 0 Å². The molecule has 3 rings (SSSR count). The highest BCUT2D eigenvalue weighted by Gasteiger charge is 2.28. The minimum atomic E-state index is 0.110. The van der Waals surface area contributed by atoms with Crippen molar-refractivity contribution in [2.24, 2.45) is 0 Å². The zero-order chi connectivity index (χ0) is 15.7. The topological polar surface area (TPSA) is 59.0 Å². The summed E-state index contributed by atoms with van der Waals surface area (Å²) in [7, 11) is 0. The van der Waals surface area contributed by atoms with Crippen LogP contribution in [0.5, 0.6) is 0 Å². The molecule has 1 atom stereocenters. The van der Waals surface area contributed by atoms with Crippen molar-refractivity contribution < 1.29 is 4.79 Å². The number of rotatable bonds is 2. The summed E-state index contributed by atoms with van der Waals surface area (Å²) < 4.78 is 0. The molecule has 1 amide bonds. The number of carbonyl (C=O) groups is 1. The Labute approximate surface area is 134 Å². The summed E-state index contributed by atoms with van der Waals surface area (Å²) in [5, 5.41) is 0.945. The maximum Gasteiger partial charge on any atom is 0.265 e. The second-order valence-corrected chi connectivity index (χ2v) is 6.97. The van der Waals surface area contributed by atoms with E-state index in [1.165, 1.54) is 11.3 Å². The van der Waals surface area contributed by atoms with Crippen LogP contribution in [0.4, 0.5) is 0 Å². The predicted molar refractivity (Wildman–Crippen MR) is 86.2 cm³/mol. The molecule has 0 saturated carbocycles. The van der Waals surface area contributed by atoms with E-state index in [0.29, 0.717) is 5.92 Å². The molecular weight excluding hydrogens is 296 g/mol. The lowest BCUT2D eigenvalue weighted by molar-refractivity contribution is 0.0710. The van der Waals surface area contributed by atoms with Gasteiger partial charge < -0.3 is 4.90 Å². The summed E-state index contributed by atoms with van der Waals surface area (Å²) >= 11 is 1.49. The molecule has 5 nitrogen and oxygen atoms in total. The number of carbonyl (C=O) groups excluding carboxylic acids is 1. The Hall–Kier alpha value is -1.82. The molecule has 1 aliphatic heterocycles. The second-order valence-electron chi connectivity index (χ2n) is 5.77. The maximum absolute atomic E-state index is 12.7. The molecule has 3 heterocycles. The van der Waals surface area contributed by atoms with E-state index in [4.69, 9.17) is 0 Å². The van der Waals surface area contributed by atoms with Crippen LogP contribution in [0.3, 0.4) is 0 Å². The Bertz CT molecular complexity index is 697. The molecule has 0 unspecified atom stereocenters. The molecule has 2 aromatic rings. The van der Waals surface area contributed by atoms with Gasteiger partial charge in [-0.3, -0.25) is 4.79 Å². The number of aromatic nitrogens is 3. The number of nitrogens with zero attached hydrogens (tertiary/aromatic N) is 4. The zero-order valence-corrected chi connectivity index (χ0v) is 14.0. The second kappa shape index (κ2) is 6.12. The van der Waals surface area contributed by atoms with Gasteiger partial charge in [-0.1, -0.05) is 0 Å². The number of amides is 1. The molecule has 1 aliphatic rings. The highest BCUT2D eigenvalue weighted by atomic mass is 32.1. The van der Waals surface area contributed by atoms with Crippen molar-refractivity contribution in [3.05, 3.63) is 39.4 Å². The first kappa shape index (κ1) is 15.1. The molecule has 0 spiro atoms. The Balaban J connectivity index is 1.78. The lowest BCUT2D eigenvalue weighted by Crippen LogP contribution is -2.39. The number of hydrogen-bond acceptors (Lipinski definition) is 5. The average Bonchev–Trinajstić information content (AvgIpc) is 2.85. The summed E-state index contributed by atoms with van der Waals surface area (Å²) in [6.45, 7) is 7.29. The lowest BCUT2D eigenvalue weighted by atomic mass is 9.94. The van der Waals surface area contributed by atoms with E-state index in [1.54, 1.807) is 6.20 Å². The lowest BCUT2D eigenvalue weighted by Gasteiger charge is -2.32. The average molecular weight is 316 g/mol. The number of piperidine rings is 1. The predicted octanol–water partition coefficient (Wildman–Crippen LogP) is 2.88. The molecule has 0 aliphatic carbocycles. The van der Waals surface area contributed by atoms with E-state index in [0.717, 1.165) is 53.0 Å². The maximum atomic E-state index is 12.7. The van der Waals surface area contributed by atoms with Gasteiger partial charge in [0.05, 0.1) is 10.7 Å². The van der Waals surface area contributed by atoms with Crippen molar-refractivity contribution in [1.82, 2.24) is 19.9 Å². The van der Waals surface area contributed by atoms with E-state index in [1.807, 2.05) is 31.7 Å². The molecule has 0 radical (unpaired) electrons. The molecule has 116 valence electrons. The Kier molecular flexibility index (Phi) is 4.20. The largest absolute Gasteiger partial charge is 0.337 e. The summed E-state index contributed by atoms with van der Waals surface area (Å²) in [5.41, 5.74) is 1.88. The molecule has 1 saturated heterocycles. The number of likely N-dealkylation sites (tertiary alicyclic amines) is 1. The van der Waals surface area contributed by atoms with Crippen LogP contribution in [-0.4, -0.2) is 38.8 Å². The number of aryl methyl sites for hydroxylation is 3. The van der Waals surface area contributed by atoms with Crippen LogP contribution >= 0.6 is 11.3 Å². The van der Waals surface area contributed by atoms with Gasteiger partial charge in [0.1, 0.15) is 10.7 Å². The first-order chi connectivity index (χ1) is 10.5. The van der Waals surface area contributed by atoms with Gasteiger partial charge in [0, 0.05) is 30.9 Å². The fourth-order valence-corrected chi connectivity index (χ4v) is 3.87. The van der Waals surface area contributed by atoms with Crippen LogP contribution in [0.15, 0.2) is 12.3 Å². The van der Waals surface area contributed by atoms with Gasteiger partial charge in [0.2, 0.25) is 0 Å². The van der Waals surface area contributed by atoms with Gasteiger partial charge in [-0.15, -0.1) is 11.3 Å². The quantitative estimate of drug-likeness (QED) is 0.855. The molecule has 0 N–H and O–H groups in total. The molecule has 1 fully saturated rings. The fraction of sp³-hybridized carbons (Fsp3) is 0.500. The van der Waals surface area contributed by atoms with Gasteiger partial charge in [-0.05, 0) is 39.7 Å². The molecule has 0 bridgehead atoms. The Morgan fingerprint density at radius 2 is 2.14 bits per heavy atom. The third-order valence-electron chi connectivity index (χ3n) is 4.02. The van der Waals surface area contributed by atoms with Crippen LogP contribution in [0.2, 0.25) is 0 Å². The van der Waals surface area contributed by atoms with Crippen LogP contribution in [0.1, 0.15) is 50.7 Å². The number of hydrogen-bond donors (Lipinski definition) is 0. The minimum Gasteiger partial charge on any atom is -0.337 e. The van der Waals surface area contributed by atoms with Crippen LogP contribution in [-0.2, 0) is 0 Å². The van der Waals surface area contributed by atoms with Crippen LogP contribution in [0.25, 0.3) is 0 Å². The van der Waals surface area contributed by atoms with Crippen molar-refractivity contribution in [2.75, 3.05) is 13.1 Å². The van der Waals surface area contributed by atoms with Crippen molar-refractivity contribution in [3.63, 3.8) is 0 Å². The molecular formula is C16H20N4OS. The summed E-state index contributed by atoms with van der Waals surface area (Å²) in [6.07, 6.45) is 3.88. The number of thiazole rings is 1. The third-order valence-corrected chi connectivity index (χ3v) is 5.08. The minimum absolute atomic E-state index is 0.110. The van der Waals surface area contributed by atoms with Gasteiger partial charge in [0.15, 0.2) is 0 Å². The summed E-state index contributed by atoms with van der Waals surface area (Å²) in [5.74, 6) is 1.20. The Morgan fingerprint density at radius 3 is 2.82 bits per heavy atom. The molecule has 6 heteroatoms. The van der Waals surface area contributed by atoms with Crippen LogP contribution in [0, 0.1) is 20.8 Å². The molecule has 22 heavy (non-hydrogen) atoms. The van der Waals surface area contributed by atoms with Crippen molar-refractivity contribution in [2.45, 2.75) is 39.5 Å². The van der Waals surface area contributed by atoms with E-state index in [-0.39, 0.29) is 5.91 Å². The van der Waals surface area contributed by atoms with Crippen molar-refractivity contribution in [1.29, 1.82) is 0 Å². The van der Waals surface area contributed by atoms with Gasteiger partial charge in [-0.25, -0.2) is 15.0 Å². The SMILES string of the molecule is Cc1nccc([C@@H]2CCCN(C(=O)c3sc(C)nc3C)C2)n1. The highest BCUT2D eigenvalue weighted by molar-refractivity contribution is 7.13. The third kappa shape index (κ3) is 3.02. The highest BCUT2D eigenvalue weighted by Crippen LogP contribution is 2.28. The summed E-state index contributed by atoms with van der Waals surface area (Å²) in [4.78, 5) is 28.5. The first-order valence-corrected chi connectivity index (χ1v) is 8.39.